The number of aryl methyl sites for hydroxylation is 1. The van der Waals surface area contributed by atoms with Gasteiger partial charge in [-0.15, -0.1) is 0 Å². The van der Waals surface area contributed by atoms with Crippen LogP contribution in [0.2, 0.25) is 0 Å². The molecule has 0 saturated heterocycles. The Labute approximate surface area is 112 Å². The highest BCUT2D eigenvalue weighted by atomic mass is 16.5. The third-order valence-electron chi connectivity index (χ3n) is 3.41. The second-order valence-corrected chi connectivity index (χ2v) is 4.96. The zero-order valence-corrected chi connectivity index (χ0v) is 10.9. The molecule has 0 aliphatic carbocycles. The summed E-state index contributed by atoms with van der Waals surface area (Å²) in [6.07, 6.45) is 0. The first-order valence-corrected chi connectivity index (χ1v) is 6.47. The first-order valence-electron chi connectivity index (χ1n) is 6.47. The smallest absolute Gasteiger partial charge is 0.127 e. The number of rotatable bonds is 3. The SMILES string of the molecule is Cc1cccc(CNC2COc3cc(O)ccc32)c1. The maximum absolute atomic E-state index is 9.42. The van der Waals surface area contributed by atoms with Crippen LogP contribution in [0.3, 0.4) is 0 Å². The highest BCUT2D eigenvalue weighted by molar-refractivity contribution is 5.44. The minimum atomic E-state index is 0.191. The van der Waals surface area contributed by atoms with E-state index in [-0.39, 0.29) is 11.8 Å². The molecule has 0 amide bonds. The number of phenolic OH excluding ortho intramolecular Hbond substituents is 1. The third-order valence-corrected chi connectivity index (χ3v) is 3.41. The summed E-state index contributed by atoms with van der Waals surface area (Å²) >= 11 is 0. The minimum Gasteiger partial charge on any atom is -0.508 e. The number of hydrogen-bond donors (Lipinski definition) is 2. The molecule has 2 N–H and O–H groups in total. The monoisotopic (exact) mass is 255 g/mol. The topological polar surface area (TPSA) is 41.5 Å². The number of ether oxygens (including phenoxy) is 1. The Kier molecular flexibility index (Phi) is 3.13. The molecular formula is C16H17NO2. The van der Waals surface area contributed by atoms with Gasteiger partial charge in [0.1, 0.15) is 18.1 Å². The average Bonchev–Trinajstić information content (AvgIpc) is 2.78. The van der Waals surface area contributed by atoms with Crippen molar-refractivity contribution in [2.75, 3.05) is 6.61 Å². The predicted molar refractivity (Wildman–Crippen MR) is 74.4 cm³/mol. The maximum Gasteiger partial charge on any atom is 0.127 e. The normalized spacial score (nSPS) is 17.0. The standard InChI is InChI=1S/C16H17NO2/c1-11-3-2-4-12(7-11)9-17-15-10-19-16-8-13(18)5-6-14(15)16/h2-8,15,17-18H,9-10H2,1H3. The lowest BCUT2D eigenvalue weighted by Crippen LogP contribution is -2.21. The highest BCUT2D eigenvalue weighted by Gasteiger charge is 2.23. The number of aromatic hydroxyl groups is 1. The molecule has 0 bridgehead atoms. The summed E-state index contributed by atoms with van der Waals surface area (Å²) in [4.78, 5) is 0. The van der Waals surface area contributed by atoms with E-state index in [1.165, 1.54) is 11.1 Å². The summed E-state index contributed by atoms with van der Waals surface area (Å²) in [5, 5.41) is 12.9. The number of fused-ring (bicyclic) bond motifs is 1. The van der Waals surface area contributed by atoms with Crippen LogP contribution in [0.4, 0.5) is 0 Å². The van der Waals surface area contributed by atoms with E-state index in [1.807, 2.05) is 6.07 Å². The molecule has 1 aliphatic heterocycles. The summed E-state index contributed by atoms with van der Waals surface area (Å²) in [6.45, 7) is 3.53. The minimum absolute atomic E-state index is 0.191. The summed E-state index contributed by atoms with van der Waals surface area (Å²) in [7, 11) is 0. The van der Waals surface area contributed by atoms with Crippen LogP contribution in [0.25, 0.3) is 0 Å². The van der Waals surface area contributed by atoms with Crippen molar-refractivity contribution in [3.63, 3.8) is 0 Å². The van der Waals surface area contributed by atoms with Gasteiger partial charge >= 0.3 is 0 Å². The molecule has 3 nitrogen and oxygen atoms in total. The summed E-state index contributed by atoms with van der Waals surface area (Å²) < 4.78 is 5.58. The van der Waals surface area contributed by atoms with Crippen LogP contribution < -0.4 is 10.1 Å². The van der Waals surface area contributed by atoms with Crippen LogP contribution in [0.5, 0.6) is 11.5 Å². The number of benzene rings is 2. The van der Waals surface area contributed by atoms with Crippen molar-refractivity contribution in [1.29, 1.82) is 0 Å². The Morgan fingerprint density at radius 2 is 2.16 bits per heavy atom. The molecule has 1 atom stereocenters. The van der Waals surface area contributed by atoms with Crippen LogP contribution in [0, 0.1) is 6.92 Å². The van der Waals surface area contributed by atoms with E-state index in [0.29, 0.717) is 6.61 Å². The molecule has 0 aromatic heterocycles. The van der Waals surface area contributed by atoms with E-state index in [2.05, 4.69) is 36.5 Å². The fraction of sp³-hybridized carbons (Fsp3) is 0.250. The van der Waals surface area contributed by atoms with E-state index in [4.69, 9.17) is 4.74 Å². The number of nitrogens with one attached hydrogen (secondary N) is 1. The van der Waals surface area contributed by atoms with Gasteiger partial charge in [-0.1, -0.05) is 29.8 Å². The van der Waals surface area contributed by atoms with Crippen LogP contribution in [0.1, 0.15) is 22.7 Å². The second-order valence-electron chi connectivity index (χ2n) is 4.96. The van der Waals surface area contributed by atoms with Crippen molar-refractivity contribution in [3.8, 4) is 11.5 Å². The Hall–Kier alpha value is -2.00. The van der Waals surface area contributed by atoms with Gasteiger partial charge in [0.05, 0.1) is 6.04 Å². The molecule has 0 radical (unpaired) electrons. The molecule has 3 rings (SSSR count). The van der Waals surface area contributed by atoms with Gasteiger partial charge < -0.3 is 15.2 Å². The van der Waals surface area contributed by atoms with Gasteiger partial charge in [0.2, 0.25) is 0 Å². The average molecular weight is 255 g/mol. The summed E-state index contributed by atoms with van der Waals surface area (Å²) in [5.41, 5.74) is 3.66. The molecule has 3 heteroatoms. The lowest BCUT2D eigenvalue weighted by Gasteiger charge is -2.12. The van der Waals surface area contributed by atoms with E-state index >= 15 is 0 Å². The highest BCUT2D eigenvalue weighted by Crippen LogP contribution is 2.34. The van der Waals surface area contributed by atoms with E-state index < -0.39 is 0 Å². The van der Waals surface area contributed by atoms with E-state index in [9.17, 15) is 5.11 Å². The summed E-state index contributed by atoms with van der Waals surface area (Å²) in [5.74, 6) is 1.03. The van der Waals surface area contributed by atoms with Crippen molar-refractivity contribution >= 4 is 0 Å². The molecular weight excluding hydrogens is 238 g/mol. The molecule has 0 saturated carbocycles. The Bertz CT molecular complexity index is 595. The Balaban J connectivity index is 1.70. The van der Waals surface area contributed by atoms with Crippen LogP contribution in [-0.2, 0) is 6.54 Å². The van der Waals surface area contributed by atoms with Crippen molar-refractivity contribution in [1.82, 2.24) is 5.32 Å². The molecule has 1 unspecified atom stereocenters. The molecule has 98 valence electrons. The van der Waals surface area contributed by atoms with Crippen molar-refractivity contribution < 1.29 is 9.84 Å². The summed E-state index contributed by atoms with van der Waals surface area (Å²) in [6, 6.07) is 14.0. The first-order chi connectivity index (χ1) is 9.22. The molecule has 1 aliphatic rings. The maximum atomic E-state index is 9.42. The van der Waals surface area contributed by atoms with Gasteiger partial charge in [-0.25, -0.2) is 0 Å². The van der Waals surface area contributed by atoms with E-state index in [0.717, 1.165) is 17.9 Å². The lowest BCUT2D eigenvalue weighted by atomic mass is 10.1. The van der Waals surface area contributed by atoms with Crippen molar-refractivity contribution in [2.45, 2.75) is 19.5 Å². The molecule has 1 heterocycles. The quantitative estimate of drug-likeness (QED) is 0.886. The zero-order chi connectivity index (χ0) is 13.2. The zero-order valence-electron chi connectivity index (χ0n) is 10.9. The molecule has 0 fully saturated rings. The molecule has 2 aromatic carbocycles. The molecule has 0 spiro atoms. The van der Waals surface area contributed by atoms with Crippen molar-refractivity contribution in [3.05, 3.63) is 59.2 Å². The lowest BCUT2D eigenvalue weighted by molar-refractivity contribution is 0.309. The van der Waals surface area contributed by atoms with Crippen LogP contribution in [-0.4, -0.2) is 11.7 Å². The third kappa shape index (κ3) is 2.56. The number of hydrogen-bond acceptors (Lipinski definition) is 3. The van der Waals surface area contributed by atoms with Crippen LogP contribution >= 0.6 is 0 Å². The van der Waals surface area contributed by atoms with Crippen molar-refractivity contribution in [2.24, 2.45) is 0 Å². The van der Waals surface area contributed by atoms with Gasteiger partial charge in [-0.3, -0.25) is 0 Å². The van der Waals surface area contributed by atoms with Gasteiger partial charge in [0.25, 0.3) is 0 Å². The van der Waals surface area contributed by atoms with Gasteiger partial charge in [0, 0.05) is 18.2 Å². The molecule has 2 aromatic rings. The largest absolute Gasteiger partial charge is 0.508 e. The Morgan fingerprint density at radius 1 is 1.26 bits per heavy atom. The van der Waals surface area contributed by atoms with Gasteiger partial charge in [0.15, 0.2) is 0 Å². The van der Waals surface area contributed by atoms with Gasteiger partial charge in [-0.05, 0) is 24.6 Å². The molecule has 19 heavy (non-hydrogen) atoms. The van der Waals surface area contributed by atoms with Crippen LogP contribution in [0.15, 0.2) is 42.5 Å². The fourth-order valence-electron chi connectivity index (χ4n) is 2.43. The Morgan fingerprint density at radius 3 is 3.00 bits per heavy atom. The van der Waals surface area contributed by atoms with E-state index in [1.54, 1.807) is 12.1 Å². The fourth-order valence-corrected chi connectivity index (χ4v) is 2.43. The van der Waals surface area contributed by atoms with Gasteiger partial charge in [-0.2, -0.15) is 0 Å². The number of phenols is 1. The first kappa shape index (κ1) is 12.1. The predicted octanol–water partition coefficient (Wildman–Crippen LogP) is 2.92. The second kappa shape index (κ2) is 4.94.